The first kappa shape index (κ1) is 13.1. The lowest BCUT2D eigenvalue weighted by Crippen LogP contribution is -2.33. The third-order valence-corrected chi connectivity index (χ3v) is 3.76. The topological polar surface area (TPSA) is 40.5 Å². The van der Waals surface area contributed by atoms with Gasteiger partial charge in [-0.25, -0.2) is 4.79 Å². The van der Waals surface area contributed by atoms with Crippen LogP contribution in [0.15, 0.2) is 24.3 Å². The quantitative estimate of drug-likeness (QED) is 0.889. The summed E-state index contributed by atoms with van der Waals surface area (Å²) in [5.74, 6) is -0.396. The van der Waals surface area contributed by atoms with E-state index in [1.165, 1.54) is 6.42 Å². The molecule has 1 saturated heterocycles. The lowest BCUT2D eigenvalue weighted by molar-refractivity contribution is 0.0694. The summed E-state index contributed by atoms with van der Waals surface area (Å²) in [6, 6.07) is 7.44. The zero-order chi connectivity index (χ0) is 13.0. The van der Waals surface area contributed by atoms with Crippen molar-refractivity contribution in [1.82, 2.24) is 4.90 Å². The van der Waals surface area contributed by atoms with E-state index >= 15 is 0 Å². The second-order valence-electron chi connectivity index (χ2n) is 5.01. The van der Waals surface area contributed by atoms with E-state index < -0.39 is 5.97 Å². The van der Waals surface area contributed by atoms with Gasteiger partial charge in [0.2, 0.25) is 0 Å². The number of benzene rings is 1. The average Bonchev–Trinajstić information content (AvgIpc) is 2.40. The highest BCUT2D eigenvalue weighted by atomic mass is 16.4. The van der Waals surface area contributed by atoms with E-state index in [0.717, 1.165) is 38.0 Å². The molecule has 1 aliphatic heterocycles. The average molecular weight is 247 g/mol. The van der Waals surface area contributed by atoms with Gasteiger partial charge in [-0.1, -0.05) is 25.1 Å². The predicted molar refractivity (Wildman–Crippen MR) is 72.1 cm³/mol. The molecule has 1 heterocycles. The largest absolute Gasteiger partial charge is 0.478 e. The minimum Gasteiger partial charge on any atom is -0.478 e. The molecule has 98 valence electrons. The van der Waals surface area contributed by atoms with Crippen LogP contribution >= 0.6 is 0 Å². The van der Waals surface area contributed by atoms with Gasteiger partial charge >= 0.3 is 5.97 Å². The van der Waals surface area contributed by atoms with Crippen LogP contribution in [0.5, 0.6) is 0 Å². The Balaban J connectivity index is 2.07. The molecule has 1 N–H and O–H groups in total. The maximum absolute atomic E-state index is 11.2. The highest BCUT2D eigenvalue weighted by Gasteiger charge is 2.23. The van der Waals surface area contributed by atoms with E-state index in [9.17, 15) is 9.90 Å². The van der Waals surface area contributed by atoms with Crippen LogP contribution in [0.4, 0.5) is 0 Å². The second kappa shape index (κ2) is 6.01. The smallest absolute Gasteiger partial charge is 0.335 e. The molecule has 0 unspecified atom stereocenters. The number of piperidine rings is 1. The summed E-state index contributed by atoms with van der Waals surface area (Å²) >= 11 is 0. The normalized spacial score (nSPS) is 17.8. The van der Waals surface area contributed by atoms with Crippen molar-refractivity contribution in [3.8, 4) is 0 Å². The molecule has 3 nitrogen and oxygen atoms in total. The van der Waals surface area contributed by atoms with E-state index in [4.69, 9.17) is 0 Å². The molecule has 0 amide bonds. The molecule has 0 bridgehead atoms. The molecular formula is C15H21NO2. The number of hydrogen-bond acceptors (Lipinski definition) is 2. The molecule has 0 spiro atoms. The first-order valence-electron chi connectivity index (χ1n) is 6.77. The molecule has 0 radical (unpaired) electrons. The van der Waals surface area contributed by atoms with Gasteiger partial charge in [0.15, 0.2) is 0 Å². The van der Waals surface area contributed by atoms with Gasteiger partial charge in [-0.05, 0) is 56.4 Å². The molecule has 3 heteroatoms. The number of likely N-dealkylation sites (tertiary alicyclic amines) is 1. The van der Waals surface area contributed by atoms with E-state index in [0.29, 0.717) is 11.5 Å². The minimum absolute atomic E-state index is 0.408. The van der Waals surface area contributed by atoms with E-state index in [1.54, 1.807) is 12.1 Å². The van der Waals surface area contributed by atoms with Crippen LogP contribution in [0, 0.1) is 0 Å². The third kappa shape index (κ3) is 2.91. The van der Waals surface area contributed by atoms with Crippen LogP contribution in [0.3, 0.4) is 0 Å². The van der Waals surface area contributed by atoms with E-state index in [1.807, 2.05) is 12.1 Å². The van der Waals surface area contributed by atoms with Crippen molar-refractivity contribution in [2.45, 2.75) is 32.1 Å². The van der Waals surface area contributed by atoms with Crippen LogP contribution in [0.2, 0.25) is 0 Å². The molecule has 1 aliphatic rings. The monoisotopic (exact) mass is 247 g/mol. The van der Waals surface area contributed by atoms with Crippen LogP contribution in [-0.4, -0.2) is 35.6 Å². The van der Waals surface area contributed by atoms with E-state index in [2.05, 4.69) is 11.8 Å². The Hall–Kier alpha value is -1.35. The molecular weight excluding hydrogens is 226 g/mol. The fraction of sp³-hybridized carbons (Fsp3) is 0.533. The van der Waals surface area contributed by atoms with Gasteiger partial charge in [0.25, 0.3) is 0 Å². The lowest BCUT2D eigenvalue weighted by atomic mass is 9.86. The Labute approximate surface area is 108 Å². The van der Waals surface area contributed by atoms with Crippen molar-refractivity contribution in [2.24, 2.45) is 0 Å². The summed E-state index contributed by atoms with van der Waals surface area (Å²) in [7, 11) is 0. The summed E-state index contributed by atoms with van der Waals surface area (Å²) < 4.78 is 0. The zero-order valence-corrected chi connectivity index (χ0v) is 10.9. The number of hydrogen-bond donors (Lipinski definition) is 1. The highest BCUT2D eigenvalue weighted by molar-refractivity contribution is 5.89. The molecule has 0 aliphatic carbocycles. The van der Waals surface area contributed by atoms with Gasteiger partial charge in [-0.15, -0.1) is 0 Å². The van der Waals surface area contributed by atoms with Gasteiger partial charge in [0.1, 0.15) is 0 Å². The molecule has 0 aromatic heterocycles. The van der Waals surface area contributed by atoms with Gasteiger partial charge < -0.3 is 10.0 Å². The number of carbonyl (C=O) groups is 1. The Morgan fingerprint density at radius 2 is 2.00 bits per heavy atom. The van der Waals surface area contributed by atoms with Gasteiger partial charge in [0.05, 0.1) is 5.56 Å². The van der Waals surface area contributed by atoms with Gasteiger partial charge in [0, 0.05) is 0 Å². The molecule has 1 aromatic rings. The Bertz CT molecular complexity index is 409. The minimum atomic E-state index is -0.804. The molecule has 1 fully saturated rings. The fourth-order valence-corrected chi connectivity index (χ4v) is 2.83. The number of rotatable bonds is 4. The molecule has 1 aromatic carbocycles. The second-order valence-corrected chi connectivity index (χ2v) is 5.01. The predicted octanol–water partition coefficient (Wildman–Crippen LogP) is 2.97. The Morgan fingerprint density at radius 3 is 2.61 bits per heavy atom. The van der Waals surface area contributed by atoms with Crippen LogP contribution in [0.25, 0.3) is 0 Å². The summed E-state index contributed by atoms with van der Waals surface area (Å²) in [6.45, 7) is 5.54. The maximum atomic E-state index is 11.2. The fourth-order valence-electron chi connectivity index (χ4n) is 2.83. The van der Waals surface area contributed by atoms with Crippen molar-refractivity contribution >= 4 is 5.97 Å². The number of aromatic carboxylic acids is 1. The Morgan fingerprint density at radius 1 is 1.33 bits per heavy atom. The van der Waals surface area contributed by atoms with Gasteiger partial charge in [-0.2, -0.15) is 0 Å². The number of carboxylic acid groups (broad SMARTS) is 1. The SMILES string of the molecule is CCCN1CCC(c2ccccc2C(=O)O)CC1. The molecule has 2 rings (SSSR count). The summed E-state index contributed by atoms with van der Waals surface area (Å²) in [6.07, 6.45) is 3.34. The lowest BCUT2D eigenvalue weighted by Gasteiger charge is -2.32. The Kier molecular flexibility index (Phi) is 4.37. The van der Waals surface area contributed by atoms with Crippen LogP contribution in [-0.2, 0) is 0 Å². The zero-order valence-electron chi connectivity index (χ0n) is 10.9. The first-order chi connectivity index (χ1) is 8.72. The summed E-state index contributed by atoms with van der Waals surface area (Å²) in [4.78, 5) is 13.7. The summed E-state index contributed by atoms with van der Waals surface area (Å²) in [5.41, 5.74) is 1.49. The number of carboxylic acids is 1. The van der Waals surface area contributed by atoms with Gasteiger partial charge in [-0.3, -0.25) is 0 Å². The highest BCUT2D eigenvalue weighted by Crippen LogP contribution is 2.30. The van der Waals surface area contributed by atoms with Crippen molar-refractivity contribution in [3.63, 3.8) is 0 Å². The molecule has 18 heavy (non-hydrogen) atoms. The van der Waals surface area contributed by atoms with Crippen molar-refractivity contribution < 1.29 is 9.90 Å². The third-order valence-electron chi connectivity index (χ3n) is 3.76. The maximum Gasteiger partial charge on any atom is 0.335 e. The molecule has 0 saturated carbocycles. The van der Waals surface area contributed by atoms with Crippen molar-refractivity contribution in [1.29, 1.82) is 0 Å². The molecule has 0 atom stereocenters. The summed E-state index contributed by atoms with van der Waals surface area (Å²) in [5, 5.41) is 9.22. The standard InChI is InChI=1S/C15H21NO2/c1-2-9-16-10-7-12(8-11-16)13-5-3-4-6-14(13)15(17)18/h3-6,12H,2,7-11H2,1H3,(H,17,18). The van der Waals surface area contributed by atoms with Crippen molar-refractivity contribution in [3.05, 3.63) is 35.4 Å². The first-order valence-corrected chi connectivity index (χ1v) is 6.77. The number of nitrogens with zero attached hydrogens (tertiary/aromatic N) is 1. The van der Waals surface area contributed by atoms with Crippen LogP contribution < -0.4 is 0 Å². The van der Waals surface area contributed by atoms with E-state index in [-0.39, 0.29) is 0 Å². The van der Waals surface area contributed by atoms with Crippen LogP contribution in [0.1, 0.15) is 48.0 Å². The van der Waals surface area contributed by atoms with Crippen molar-refractivity contribution in [2.75, 3.05) is 19.6 Å².